The molecule has 4 nitrogen and oxygen atoms in total. The van der Waals surface area contributed by atoms with Crippen LogP contribution >= 0.6 is 0 Å². The van der Waals surface area contributed by atoms with Crippen molar-refractivity contribution in [3.05, 3.63) is 17.1 Å². The molecule has 2 saturated carbocycles. The van der Waals surface area contributed by atoms with Crippen LogP contribution in [0.4, 0.5) is 14.6 Å². The summed E-state index contributed by atoms with van der Waals surface area (Å²) in [6.45, 7) is 4.54. The largest absolute Gasteiger partial charge is 0.369 e. The van der Waals surface area contributed by atoms with Gasteiger partial charge in [-0.2, -0.15) is 0 Å². The maximum absolute atomic E-state index is 13.2. The van der Waals surface area contributed by atoms with Gasteiger partial charge in [0.15, 0.2) is 0 Å². The number of nitrogens with zero attached hydrogens (tertiary/aromatic N) is 2. The summed E-state index contributed by atoms with van der Waals surface area (Å²) in [4.78, 5) is 9.10. The van der Waals surface area contributed by atoms with Crippen molar-refractivity contribution >= 4 is 5.82 Å². The molecule has 6 heteroatoms. The Hall–Kier alpha value is -1.30. The van der Waals surface area contributed by atoms with E-state index in [-0.39, 0.29) is 6.42 Å². The lowest BCUT2D eigenvalue weighted by Crippen LogP contribution is -2.35. The van der Waals surface area contributed by atoms with E-state index in [4.69, 9.17) is 0 Å². The number of hydrogen-bond donors (Lipinski definition) is 2. The molecule has 2 fully saturated rings. The Balaban J connectivity index is 1.42. The summed E-state index contributed by atoms with van der Waals surface area (Å²) in [5.74, 6) is -0.350. The first-order valence-corrected chi connectivity index (χ1v) is 8.18. The van der Waals surface area contributed by atoms with Gasteiger partial charge in [0.05, 0.1) is 5.69 Å². The second-order valence-electron chi connectivity index (χ2n) is 7.11. The van der Waals surface area contributed by atoms with Crippen molar-refractivity contribution in [2.45, 2.75) is 45.0 Å². The predicted molar refractivity (Wildman–Crippen MR) is 80.3 cm³/mol. The highest BCUT2D eigenvalue weighted by molar-refractivity contribution is 5.47. The first-order chi connectivity index (χ1) is 10.5. The summed E-state index contributed by atoms with van der Waals surface area (Å²) in [5, 5.41) is 6.79. The molecule has 2 N–H and O–H groups in total. The number of halogens is 2. The molecule has 1 aromatic rings. The summed E-state index contributed by atoms with van der Waals surface area (Å²) in [6.07, 6.45) is 3.25. The van der Waals surface area contributed by atoms with Crippen molar-refractivity contribution in [1.82, 2.24) is 15.3 Å². The zero-order valence-electron chi connectivity index (χ0n) is 12.9. The van der Waals surface area contributed by atoms with Crippen molar-refractivity contribution in [3.8, 4) is 0 Å². The van der Waals surface area contributed by atoms with Crippen molar-refractivity contribution < 1.29 is 8.78 Å². The fourth-order valence-electron chi connectivity index (χ4n) is 4.07. The lowest BCUT2D eigenvalue weighted by atomic mass is 9.71. The SMILES string of the molecule is Cc1nc2c(c(NCC3CC4(C3)CC4(F)F)n1)CCNCC2. The van der Waals surface area contributed by atoms with Gasteiger partial charge in [0.1, 0.15) is 11.6 Å². The van der Waals surface area contributed by atoms with Crippen LogP contribution < -0.4 is 10.6 Å². The van der Waals surface area contributed by atoms with E-state index in [9.17, 15) is 8.78 Å². The Morgan fingerprint density at radius 1 is 1.23 bits per heavy atom. The number of nitrogens with one attached hydrogen (secondary N) is 2. The van der Waals surface area contributed by atoms with Crippen LogP contribution in [0.2, 0.25) is 0 Å². The second kappa shape index (κ2) is 4.85. The number of rotatable bonds is 3. The van der Waals surface area contributed by atoms with Crippen molar-refractivity contribution in [3.63, 3.8) is 0 Å². The first kappa shape index (κ1) is 14.3. The highest BCUT2D eigenvalue weighted by atomic mass is 19.3. The third kappa shape index (κ3) is 2.28. The zero-order chi connectivity index (χ0) is 15.4. The van der Waals surface area contributed by atoms with Crippen LogP contribution in [0.5, 0.6) is 0 Å². The average molecular weight is 308 g/mol. The number of aromatic nitrogens is 2. The third-order valence-electron chi connectivity index (χ3n) is 5.42. The molecule has 0 atom stereocenters. The zero-order valence-corrected chi connectivity index (χ0v) is 12.9. The summed E-state index contributed by atoms with van der Waals surface area (Å²) in [5.41, 5.74) is 1.68. The van der Waals surface area contributed by atoms with E-state index >= 15 is 0 Å². The minimum atomic E-state index is -2.39. The van der Waals surface area contributed by atoms with E-state index in [2.05, 4.69) is 20.6 Å². The molecule has 1 spiro atoms. The molecule has 22 heavy (non-hydrogen) atoms. The van der Waals surface area contributed by atoms with Crippen LogP contribution in [0.1, 0.15) is 36.3 Å². The van der Waals surface area contributed by atoms with E-state index in [1.165, 1.54) is 5.56 Å². The molecule has 2 heterocycles. The number of anilines is 1. The van der Waals surface area contributed by atoms with Crippen LogP contribution in [-0.2, 0) is 12.8 Å². The van der Waals surface area contributed by atoms with Crippen molar-refractivity contribution in [1.29, 1.82) is 0 Å². The molecule has 120 valence electrons. The fourth-order valence-corrected chi connectivity index (χ4v) is 4.07. The quantitative estimate of drug-likeness (QED) is 0.900. The molecular formula is C16H22F2N4. The van der Waals surface area contributed by atoms with E-state index in [1.807, 2.05) is 6.92 Å². The van der Waals surface area contributed by atoms with Gasteiger partial charge in [-0.15, -0.1) is 0 Å². The maximum Gasteiger partial charge on any atom is 0.254 e. The molecule has 1 aliphatic heterocycles. The molecule has 0 aromatic carbocycles. The van der Waals surface area contributed by atoms with Crippen molar-refractivity contribution in [2.75, 3.05) is 25.0 Å². The van der Waals surface area contributed by atoms with E-state index in [0.29, 0.717) is 18.8 Å². The second-order valence-corrected chi connectivity index (χ2v) is 7.11. The highest BCUT2D eigenvalue weighted by Crippen LogP contribution is 2.72. The van der Waals surface area contributed by atoms with Crippen LogP contribution in [0, 0.1) is 18.3 Å². The van der Waals surface area contributed by atoms with Gasteiger partial charge in [0.2, 0.25) is 0 Å². The highest BCUT2D eigenvalue weighted by Gasteiger charge is 2.75. The lowest BCUT2D eigenvalue weighted by molar-refractivity contribution is 0.00527. The van der Waals surface area contributed by atoms with Gasteiger partial charge in [0, 0.05) is 36.9 Å². The number of hydrogen-bond acceptors (Lipinski definition) is 4. The lowest BCUT2D eigenvalue weighted by Gasteiger charge is -2.36. The molecule has 0 bridgehead atoms. The predicted octanol–water partition coefficient (Wildman–Crippen LogP) is 2.32. The van der Waals surface area contributed by atoms with Gasteiger partial charge in [-0.1, -0.05) is 0 Å². The smallest absolute Gasteiger partial charge is 0.254 e. The number of alkyl halides is 2. The summed E-state index contributed by atoms with van der Waals surface area (Å²) in [6, 6.07) is 0. The molecule has 4 rings (SSSR count). The standard InChI is InChI=1S/C16H22F2N4/c1-10-21-13-3-5-19-4-2-12(13)14(22-10)20-8-11-6-15(7-11)9-16(15,17)18/h11,19H,2-9H2,1H3,(H,20,21,22). The summed E-state index contributed by atoms with van der Waals surface area (Å²) >= 11 is 0. The van der Waals surface area contributed by atoms with Crippen molar-refractivity contribution in [2.24, 2.45) is 11.3 Å². The van der Waals surface area contributed by atoms with E-state index in [0.717, 1.165) is 49.8 Å². The molecule has 2 aliphatic carbocycles. The maximum atomic E-state index is 13.2. The Morgan fingerprint density at radius 2 is 1.95 bits per heavy atom. The third-order valence-corrected chi connectivity index (χ3v) is 5.42. The molecule has 3 aliphatic rings. The number of aryl methyl sites for hydroxylation is 1. The van der Waals surface area contributed by atoms with Gasteiger partial charge in [-0.3, -0.25) is 0 Å². The summed E-state index contributed by atoms with van der Waals surface area (Å²) in [7, 11) is 0. The Labute approximate surface area is 129 Å². The molecule has 1 aromatic heterocycles. The number of fused-ring (bicyclic) bond motifs is 1. The van der Waals surface area contributed by atoms with Gasteiger partial charge < -0.3 is 10.6 Å². The first-order valence-electron chi connectivity index (χ1n) is 8.18. The molecule has 0 radical (unpaired) electrons. The Kier molecular flexibility index (Phi) is 3.15. The minimum absolute atomic E-state index is 0.101. The van der Waals surface area contributed by atoms with Crippen LogP contribution in [0.15, 0.2) is 0 Å². The monoisotopic (exact) mass is 308 g/mol. The Morgan fingerprint density at radius 3 is 2.68 bits per heavy atom. The average Bonchev–Trinajstić information content (AvgIpc) is 3.06. The minimum Gasteiger partial charge on any atom is -0.369 e. The summed E-state index contributed by atoms with van der Waals surface area (Å²) < 4.78 is 26.5. The molecule has 0 unspecified atom stereocenters. The van der Waals surface area contributed by atoms with Gasteiger partial charge in [-0.05, 0) is 38.6 Å². The molecule has 0 saturated heterocycles. The fraction of sp³-hybridized carbons (Fsp3) is 0.750. The molecular weight excluding hydrogens is 286 g/mol. The van der Waals surface area contributed by atoms with E-state index < -0.39 is 11.3 Å². The molecule has 0 amide bonds. The van der Waals surface area contributed by atoms with Gasteiger partial charge in [0.25, 0.3) is 5.92 Å². The van der Waals surface area contributed by atoms with Crippen LogP contribution in [-0.4, -0.2) is 35.5 Å². The van der Waals surface area contributed by atoms with Gasteiger partial charge in [-0.25, -0.2) is 18.7 Å². The van der Waals surface area contributed by atoms with Gasteiger partial charge >= 0.3 is 0 Å². The topological polar surface area (TPSA) is 49.8 Å². The van der Waals surface area contributed by atoms with Crippen LogP contribution in [0.25, 0.3) is 0 Å². The van der Waals surface area contributed by atoms with Crippen LogP contribution in [0.3, 0.4) is 0 Å². The normalized spacial score (nSPS) is 32.0. The Bertz CT molecular complexity index is 596. The van der Waals surface area contributed by atoms with E-state index in [1.54, 1.807) is 0 Å².